The van der Waals surface area contributed by atoms with Gasteiger partial charge in [0.1, 0.15) is 6.33 Å². The van der Waals surface area contributed by atoms with Gasteiger partial charge in [-0.25, -0.2) is 9.50 Å². The molecule has 5 rings (SSSR count). The fraction of sp³-hybridized carbons (Fsp3) is 0.400. The third-order valence-corrected chi connectivity index (χ3v) is 6.11. The highest BCUT2D eigenvalue weighted by molar-refractivity contribution is 5.89. The Balaban J connectivity index is 1.33. The normalized spacial score (nSPS) is 14.5. The first-order valence-corrected chi connectivity index (χ1v) is 11.7. The first-order valence-electron chi connectivity index (χ1n) is 11.7. The number of amides is 1. The minimum Gasteiger partial charge on any atom is -0.378 e. The molecule has 0 bridgehead atoms. The summed E-state index contributed by atoms with van der Waals surface area (Å²) in [4.78, 5) is 23.6. The van der Waals surface area contributed by atoms with E-state index in [4.69, 9.17) is 9.26 Å². The van der Waals surface area contributed by atoms with Gasteiger partial charge < -0.3 is 19.5 Å². The molecule has 1 amide bonds. The maximum Gasteiger partial charge on any atom is 0.315 e. The maximum atomic E-state index is 12.5. The fourth-order valence-electron chi connectivity index (χ4n) is 4.05. The molecule has 1 aromatic carbocycles. The number of ether oxygens (including phenoxy) is 1. The minimum absolute atomic E-state index is 0.0307. The van der Waals surface area contributed by atoms with Gasteiger partial charge in [0.2, 0.25) is 0 Å². The van der Waals surface area contributed by atoms with Gasteiger partial charge >= 0.3 is 11.8 Å². The van der Waals surface area contributed by atoms with Crippen molar-refractivity contribution in [2.45, 2.75) is 39.7 Å². The van der Waals surface area contributed by atoms with Crippen LogP contribution >= 0.6 is 0 Å². The number of hydrogen-bond acceptors (Lipinski definition) is 8. The number of nitrogens with zero attached hydrogens (tertiary/aromatic N) is 6. The second-order valence-corrected chi connectivity index (χ2v) is 9.73. The van der Waals surface area contributed by atoms with Crippen molar-refractivity contribution >= 4 is 17.1 Å². The lowest BCUT2D eigenvalue weighted by atomic mass is 9.96. The smallest absolute Gasteiger partial charge is 0.315 e. The molecule has 3 aromatic heterocycles. The van der Waals surface area contributed by atoms with E-state index < -0.39 is 5.91 Å². The van der Waals surface area contributed by atoms with E-state index >= 15 is 0 Å². The van der Waals surface area contributed by atoms with Crippen molar-refractivity contribution in [3.05, 3.63) is 59.6 Å². The zero-order valence-corrected chi connectivity index (χ0v) is 20.4. The van der Waals surface area contributed by atoms with Crippen LogP contribution in [0.25, 0.3) is 16.8 Å². The number of anilines is 1. The largest absolute Gasteiger partial charge is 0.378 e. The van der Waals surface area contributed by atoms with E-state index in [1.807, 2.05) is 50.5 Å². The average molecular weight is 476 g/mol. The van der Waals surface area contributed by atoms with Crippen molar-refractivity contribution in [2.75, 3.05) is 31.2 Å². The second-order valence-electron chi connectivity index (χ2n) is 9.73. The number of morpholine rings is 1. The van der Waals surface area contributed by atoms with Crippen LogP contribution in [0.1, 0.15) is 48.4 Å². The molecule has 10 nitrogen and oxygen atoms in total. The molecule has 0 radical (unpaired) electrons. The van der Waals surface area contributed by atoms with Crippen LogP contribution in [-0.2, 0) is 16.7 Å². The van der Waals surface area contributed by atoms with Gasteiger partial charge in [-0.3, -0.25) is 4.79 Å². The van der Waals surface area contributed by atoms with Gasteiger partial charge in [-0.2, -0.15) is 10.1 Å². The molecule has 0 aliphatic carbocycles. The molecule has 0 atom stereocenters. The summed E-state index contributed by atoms with van der Waals surface area (Å²) in [6.45, 7) is 11.4. The van der Waals surface area contributed by atoms with E-state index in [0.29, 0.717) is 12.4 Å². The first-order chi connectivity index (χ1) is 16.8. The number of hydrogen-bond donors (Lipinski definition) is 1. The Morgan fingerprint density at radius 3 is 2.69 bits per heavy atom. The lowest BCUT2D eigenvalue weighted by Gasteiger charge is -2.27. The van der Waals surface area contributed by atoms with Crippen molar-refractivity contribution in [2.24, 2.45) is 0 Å². The van der Waals surface area contributed by atoms with Crippen molar-refractivity contribution in [1.29, 1.82) is 0 Å². The van der Waals surface area contributed by atoms with Gasteiger partial charge in [0.05, 0.1) is 36.3 Å². The van der Waals surface area contributed by atoms with Gasteiger partial charge in [-0.05, 0) is 30.2 Å². The molecule has 182 valence electrons. The zero-order valence-electron chi connectivity index (χ0n) is 20.4. The van der Waals surface area contributed by atoms with Crippen molar-refractivity contribution < 1.29 is 14.1 Å². The number of aromatic nitrogens is 5. The maximum absolute atomic E-state index is 12.5. The molecule has 0 saturated carbocycles. The predicted molar refractivity (Wildman–Crippen MR) is 130 cm³/mol. The summed E-state index contributed by atoms with van der Waals surface area (Å²) >= 11 is 0. The fourth-order valence-corrected chi connectivity index (χ4v) is 4.05. The van der Waals surface area contributed by atoms with E-state index in [2.05, 4.69) is 42.6 Å². The molecule has 1 fully saturated rings. The van der Waals surface area contributed by atoms with Crippen LogP contribution in [0.3, 0.4) is 0 Å². The lowest BCUT2D eigenvalue weighted by Crippen LogP contribution is -2.35. The Hall–Kier alpha value is -3.79. The molecule has 1 saturated heterocycles. The van der Waals surface area contributed by atoms with Gasteiger partial charge in [0.15, 0.2) is 5.82 Å². The van der Waals surface area contributed by atoms with E-state index in [-0.39, 0.29) is 11.3 Å². The number of rotatable bonds is 5. The van der Waals surface area contributed by atoms with Crippen LogP contribution in [0, 0.1) is 6.92 Å². The zero-order chi connectivity index (χ0) is 24.6. The SMILES string of the molecule is Cc1cc(-c2ncnn3cc(N4CCOCC4)cc23)ccc1CNC(=O)c1nc(C(C)(C)C)no1. The molecule has 4 heterocycles. The Bertz CT molecular complexity index is 1360. The molecule has 4 aromatic rings. The summed E-state index contributed by atoms with van der Waals surface area (Å²) in [5.74, 6) is 0.0798. The average Bonchev–Trinajstić information content (AvgIpc) is 3.51. The topological polar surface area (TPSA) is 111 Å². The Morgan fingerprint density at radius 2 is 1.97 bits per heavy atom. The third-order valence-electron chi connectivity index (χ3n) is 6.11. The Kier molecular flexibility index (Phi) is 5.98. The van der Waals surface area contributed by atoms with E-state index in [9.17, 15) is 4.79 Å². The second kappa shape index (κ2) is 9.10. The Morgan fingerprint density at radius 1 is 1.17 bits per heavy atom. The molecule has 0 unspecified atom stereocenters. The summed E-state index contributed by atoms with van der Waals surface area (Å²) < 4.78 is 12.5. The molecule has 1 aliphatic rings. The number of carbonyl (C=O) groups is 1. The summed E-state index contributed by atoms with van der Waals surface area (Å²) in [5, 5.41) is 11.2. The number of benzene rings is 1. The van der Waals surface area contributed by atoms with Gasteiger partial charge in [0.25, 0.3) is 0 Å². The molecular formula is C25H29N7O3. The molecule has 0 spiro atoms. The van der Waals surface area contributed by atoms with Crippen LogP contribution in [0.2, 0.25) is 0 Å². The van der Waals surface area contributed by atoms with Crippen molar-refractivity contribution in [3.63, 3.8) is 0 Å². The van der Waals surface area contributed by atoms with Gasteiger partial charge in [0, 0.05) is 30.6 Å². The van der Waals surface area contributed by atoms with Crippen molar-refractivity contribution in [3.8, 4) is 11.3 Å². The highest BCUT2D eigenvalue weighted by Crippen LogP contribution is 2.28. The minimum atomic E-state index is -0.391. The molecular weight excluding hydrogens is 446 g/mol. The summed E-state index contributed by atoms with van der Waals surface area (Å²) in [7, 11) is 0. The van der Waals surface area contributed by atoms with E-state index in [1.165, 1.54) is 0 Å². The number of nitrogens with one attached hydrogen (secondary N) is 1. The first kappa shape index (κ1) is 23.0. The standard InChI is InChI=1S/C25H29N7O3/c1-16-11-17(5-6-18(16)13-26-22(33)23-29-24(30-35-23)25(2,3)4)21-20-12-19(14-32(20)28-15-27-21)31-7-9-34-10-8-31/h5-6,11-12,14-15H,7-10,13H2,1-4H3,(H,26,33). The van der Waals surface area contributed by atoms with E-state index in [0.717, 1.165) is 59.9 Å². The van der Waals surface area contributed by atoms with Crippen LogP contribution in [-0.4, -0.2) is 56.9 Å². The number of fused-ring (bicyclic) bond motifs is 1. The lowest BCUT2D eigenvalue weighted by molar-refractivity contribution is 0.0907. The highest BCUT2D eigenvalue weighted by atomic mass is 16.5. The van der Waals surface area contributed by atoms with Crippen LogP contribution in [0.5, 0.6) is 0 Å². The third kappa shape index (κ3) is 4.74. The van der Waals surface area contributed by atoms with Crippen LogP contribution in [0.4, 0.5) is 5.69 Å². The number of carbonyl (C=O) groups excluding carboxylic acids is 1. The van der Waals surface area contributed by atoms with E-state index in [1.54, 1.807) is 6.33 Å². The number of aryl methyl sites for hydroxylation is 1. The summed E-state index contributed by atoms with van der Waals surface area (Å²) in [6.07, 6.45) is 3.61. The van der Waals surface area contributed by atoms with Crippen molar-refractivity contribution in [1.82, 2.24) is 30.1 Å². The molecule has 10 heteroatoms. The van der Waals surface area contributed by atoms with Crippen LogP contribution in [0.15, 0.2) is 41.3 Å². The predicted octanol–water partition coefficient (Wildman–Crippen LogP) is 3.15. The molecule has 35 heavy (non-hydrogen) atoms. The van der Waals surface area contributed by atoms with Gasteiger partial charge in [-0.1, -0.05) is 38.1 Å². The summed E-state index contributed by atoms with van der Waals surface area (Å²) in [6, 6.07) is 8.22. The van der Waals surface area contributed by atoms with Crippen LogP contribution < -0.4 is 10.2 Å². The monoisotopic (exact) mass is 475 g/mol. The quantitative estimate of drug-likeness (QED) is 0.469. The molecule has 1 N–H and O–H groups in total. The van der Waals surface area contributed by atoms with Gasteiger partial charge in [-0.15, -0.1) is 0 Å². The molecule has 1 aliphatic heterocycles. The summed E-state index contributed by atoms with van der Waals surface area (Å²) in [5.41, 5.74) is 5.65. The Labute approximate surface area is 203 Å². The highest BCUT2D eigenvalue weighted by Gasteiger charge is 2.24.